The first kappa shape index (κ1) is 11.9. The van der Waals surface area contributed by atoms with Gasteiger partial charge in [0.1, 0.15) is 6.10 Å². The number of hydrogen-bond acceptors (Lipinski definition) is 3. The van der Waals surface area contributed by atoms with Gasteiger partial charge in [0.15, 0.2) is 0 Å². The second-order valence-corrected chi connectivity index (χ2v) is 4.29. The van der Waals surface area contributed by atoms with Gasteiger partial charge in [-0.3, -0.25) is 5.32 Å². The van der Waals surface area contributed by atoms with E-state index in [-0.39, 0.29) is 6.10 Å². The largest absolute Gasteiger partial charge is 0.443 e. The summed E-state index contributed by atoms with van der Waals surface area (Å²) in [4.78, 5) is 11.6. The predicted octanol–water partition coefficient (Wildman–Crippen LogP) is 2.54. The molecule has 0 aliphatic heterocycles. The number of hydrogen-bond donors (Lipinski definition) is 2. The Morgan fingerprint density at radius 2 is 1.94 bits per heavy atom. The number of carbonyl (C=O) groups is 1. The average Bonchev–Trinajstić information content (AvgIpc) is 2.33. The van der Waals surface area contributed by atoms with Gasteiger partial charge < -0.3 is 9.84 Å². The van der Waals surface area contributed by atoms with Gasteiger partial charge in [-0.25, -0.2) is 4.79 Å². The zero-order valence-electron chi connectivity index (χ0n) is 9.63. The molecule has 0 saturated heterocycles. The van der Waals surface area contributed by atoms with Crippen molar-refractivity contribution >= 4 is 11.8 Å². The van der Waals surface area contributed by atoms with Gasteiger partial charge in [0, 0.05) is 5.69 Å². The van der Waals surface area contributed by atoms with Gasteiger partial charge in [0.2, 0.25) is 0 Å². The zero-order chi connectivity index (χ0) is 12.1. The van der Waals surface area contributed by atoms with Crippen LogP contribution >= 0.6 is 0 Å². The van der Waals surface area contributed by atoms with Crippen LogP contribution in [0.5, 0.6) is 0 Å². The summed E-state index contributed by atoms with van der Waals surface area (Å²) in [5.41, 5.74) is 0.697. The van der Waals surface area contributed by atoms with Crippen LogP contribution in [0.1, 0.15) is 25.7 Å². The maximum absolute atomic E-state index is 11.6. The molecule has 1 aromatic carbocycles. The number of benzene rings is 1. The summed E-state index contributed by atoms with van der Waals surface area (Å²) >= 11 is 0. The van der Waals surface area contributed by atoms with Crippen LogP contribution in [0.2, 0.25) is 0 Å². The second kappa shape index (κ2) is 5.68. The fourth-order valence-electron chi connectivity index (χ4n) is 2.02. The Morgan fingerprint density at radius 3 is 2.65 bits per heavy atom. The van der Waals surface area contributed by atoms with Crippen molar-refractivity contribution in [3.63, 3.8) is 0 Å². The average molecular weight is 235 g/mol. The van der Waals surface area contributed by atoms with E-state index in [9.17, 15) is 9.90 Å². The maximum Gasteiger partial charge on any atom is 0.411 e. The highest BCUT2D eigenvalue weighted by atomic mass is 16.6. The molecule has 0 unspecified atom stereocenters. The van der Waals surface area contributed by atoms with E-state index in [0.717, 1.165) is 19.3 Å². The van der Waals surface area contributed by atoms with Crippen LogP contribution in [0.25, 0.3) is 0 Å². The summed E-state index contributed by atoms with van der Waals surface area (Å²) in [7, 11) is 0. The van der Waals surface area contributed by atoms with E-state index in [0.29, 0.717) is 12.1 Å². The SMILES string of the molecule is O=C(Nc1ccccc1)O[C@H]1CCCC[C@H]1O. The molecule has 0 bridgehead atoms. The number of amides is 1. The molecule has 17 heavy (non-hydrogen) atoms. The molecular weight excluding hydrogens is 218 g/mol. The molecule has 1 saturated carbocycles. The molecule has 2 rings (SSSR count). The third kappa shape index (κ3) is 3.46. The van der Waals surface area contributed by atoms with Crippen molar-refractivity contribution in [2.24, 2.45) is 0 Å². The number of nitrogens with one attached hydrogen (secondary N) is 1. The molecule has 4 nitrogen and oxygen atoms in total. The molecule has 0 aromatic heterocycles. The van der Waals surface area contributed by atoms with E-state index in [4.69, 9.17) is 4.74 Å². The molecule has 2 atom stereocenters. The second-order valence-electron chi connectivity index (χ2n) is 4.29. The first-order valence-corrected chi connectivity index (χ1v) is 5.96. The van der Waals surface area contributed by atoms with Gasteiger partial charge in [0.05, 0.1) is 6.10 Å². The standard InChI is InChI=1S/C13H17NO3/c15-11-8-4-5-9-12(11)17-13(16)14-10-6-2-1-3-7-10/h1-3,6-7,11-12,15H,4-5,8-9H2,(H,14,16)/t11-,12+/m1/s1. The minimum atomic E-state index is -0.523. The number of aliphatic hydroxyl groups excluding tert-OH is 1. The Bertz CT molecular complexity index is 366. The minimum Gasteiger partial charge on any atom is -0.443 e. The van der Waals surface area contributed by atoms with E-state index < -0.39 is 12.2 Å². The Hall–Kier alpha value is -1.55. The van der Waals surface area contributed by atoms with Crippen molar-refractivity contribution < 1.29 is 14.6 Å². The molecular formula is C13H17NO3. The molecule has 1 aromatic rings. The summed E-state index contributed by atoms with van der Waals surface area (Å²) in [5, 5.41) is 12.3. The summed E-state index contributed by atoms with van der Waals surface area (Å²) in [6.45, 7) is 0. The molecule has 0 heterocycles. The lowest BCUT2D eigenvalue weighted by atomic mass is 9.95. The van der Waals surface area contributed by atoms with Crippen molar-refractivity contribution in [2.45, 2.75) is 37.9 Å². The van der Waals surface area contributed by atoms with Gasteiger partial charge >= 0.3 is 6.09 Å². The van der Waals surface area contributed by atoms with Gasteiger partial charge in [-0.2, -0.15) is 0 Å². The van der Waals surface area contributed by atoms with Crippen LogP contribution in [0.4, 0.5) is 10.5 Å². The van der Waals surface area contributed by atoms with Gasteiger partial charge in [0.25, 0.3) is 0 Å². The quantitative estimate of drug-likeness (QED) is 0.828. The Kier molecular flexibility index (Phi) is 3.98. The zero-order valence-corrected chi connectivity index (χ0v) is 9.63. The number of rotatable bonds is 2. The Morgan fingerprint density at radius 1 is 1.24 bits per heavy atom. The van der Waals surface area contributed by atoms with Crippen LogP contribution in [-0.2, 0) is 4.74 Å². The fraction of sp³-hybridized carbons (Fsp3) is 0.462. The minimum absolute atomic E-state index is 0.368. The van der Waals surface area contributed by atoms with Gasteiger partial charge in [-0.05, 0) is 31.4 Å². The van der Waals surface area contributed by atoms with E-state index in [1.165, 1.54) is 0 Å². The summed E-state index contributed by atoms with van der Waals surface area (Å²) in [5.74, 6) is 0. The molecule has 92 valence electrons. The fourth-order valence-corrected chi connectivity index (χ4v) is 2.02. The van der Waals surface area contributed by atoms with Crippen LogP contribution in [0.3, 0.4) is 0 Å². The Balaban J connectivity index is 1.84. The number of para-hydroxylation sites is 1. The smallest absolute Gasteiger partial charge is 0.411 e. The van der Waals surface area contributed by atoms with Crippen LogP contribution in [-0.4, -0.2) is 23.4 Å². The highest BCUT2D eigenvalue weighted by Gasteiger charge is 2.26. The van der Waals surface area contributed by atoms with Crippen molar-refractivity contribution in [3.8, 4) is 0 Å². The van der Waals surface area contributed by atoms with Crippen LogP contribution in [0.15, 0.2) is 30.3 Å². The third-order valence-electron chi connectivity index (χ3n) is 2.95. The Labute approximate surface area is 101 Å². The van der Waals surface area contributed by atoms with Crippen LogP contribution < -0.4 is 5.32 Å². The molecule has 1 amide bonds. The van der Waals surface area contributed by atoms with Crippen LogP contribution in [0, 0.1) is 0 Å². The number of ether oxygens (including phenoxy) is 1. The third-order valence-corrected chi connectivity index (χ3v) is 2.95. The molecule has 1 aliphatic carbocycles. The number of carbonyl (C=O) groups excluding carboxylic acids is 1. The summed E-state index contributed by atoms with van der Waals surface area (Å²) in [6.07, 6.45) is 2.06. The first-order valence-electron chi connectivity index (χ1n) is 5.96. The lowest BCUT2D eigenvalue weighted by Gasteiger charge is -2.27. The van der Waals surface area contributed by atoms with E-state index in [1.54, 1.807) is 12.1 Å². The molecule has 4 heteroatoms. The summed E-state index contributed by atoms with van der Waals surface area (Å²) < 4.78 is 5.21. The highest BCUT2D eigenvalue weighted by Crippen LogP contribution is 2.21. The van der Waals surface area contributed by atoms with Gasteiger partial charge in [-0.1, -0.05) is 24.6 Å². The highest BCUT2D eigenvalue weighted by molar-refractivity contribution is 5.84. The van der Waals surface area contributed by atoms with E-state index >= 15 is 0 Å². The first-order chi connectivity index (χ1) is 8.25. The van der Waals surface area contributed by atoms with Crippen molar-refractivity contribution in [3.05, 3.63) is 30.3 Å². The molecule has 1 aliphatic rings. The lowest BCUT2D eigenvalue weighted by molar-refractivity contribution is -0.0165. The number of anilines is 1. The lowest BCUT2D eigenvalue weighted by Crippen LogP contribution is -2.35. The van der Waals surface area contributed by atoms with Gasteiger partial charge in [-0.15, -0.1) is 0 Å². The molecule has 0 radical (unpaired) electrons. The number of aliphatic hydroxyl groups is 1. The molecule has 0 spiro atoms. The molecule has 2 N–H and O–H groups in total. The maximum atomic E-state index is 11.6. The monoisotopic (exact) mass is 235 g/mol. The van der Waals surface area contributed by atoms with Crippen molar-refractivity contribution in [1.82, 2.24) is 0 Å². The van der Waals surface area contributed by atoms with Crippen molar-refractivity contribution in [2.75, 3.05) is 5.32 Å². The summed E-state index contributed by atoms with van der Waals surface area (Å²) in [6, 6.07) is 9.13. The topological polar surface area (TPSA) is 58.6 Å². The molecule has 1 fully saturated rings. The van der Waals surface area contributed by atoms with Crippen molar-refractivity contribution in [1.29, 1.82) is 0 Å². The van der Waals surface area contributed by atoms with E-state index in [1.807, 2.05) is 18.2 Å². The van der Waals surface area contributed by atoms with E-state index in [2.05, 4.69) is 5.32 Å². The predicted molar refractivity (Wildman–Crippen MR) is 64.8 cm³/mol. The normalized spacial score (nSPS) is 24.1.